The molecule has 1 amide bonds. The molecule has 0 bridgehead atoms. The molecule has 3 aromatic rings. The van der Waals surface area contributed by atoms with Gasteiger partial charge in [0, 0.05) is 30.7 Å². The van der Waals surface area contributed by atoms with Crippen LogP contribution in [-0.2, 0) is 20.1 Å². The number of anilines is 1. The van der Waals surface area contributed by atoms with E-state index in [0.717, 1.165) is 10.6 Å². The number of halogens is 2. The molecule has 0 spiro atoms. The second-order valence-electron chi connectivity index (χ2n) is 7.12. The molecule has 0 aliphatic rings. The van der Waals surface area contributed by atoms with Crippen LogP contribution >= 0.6 is 15.9 Å². The number of carbonyl (C=O) groups excluding carboxylic acids is 1. The van der Waals surface area contributed by atoms with Crippen molar-refractivity contribution in [2.24, 2.45) is 7.05 Å². The van der Waals surface area contributed by atoms with E-state index in [1.54, 1.807) is 6.07 Å². The molecule has 10 heteroatoms. The Morgan fingerprint density at radius 1 is 1.06 bits per heavy atom. The SMILES string of the molecule is CCCn1c(=O)c2c(C(=O)Nc3ccc(Br)cc3F)cc(=O)n(CCC)c2n(C)c1=O. The van der Waals surface area contributed by atoms with Crippen molar-refractivity contribution < 1.29 is 9.18 Å². The number of carbonyl (C=O) groups is 1. The number of fused-ring (bicyclic) bond motifs is 1. The fourth-order valence-electron chi connectivity index (χ4n) is 3.51. The number of benzene rings is 1. The summed E-state index contributed by atoms with van der Waals surface area (Å²) in [6, 6.07) is 5.16. The highest BCUT2D eigenvalue weighted by molar-refractivity contribution is 9.10. The second-order valence-corrected chi connectivity index (χ2v) is 8.04. The van der Waals surface area contributed by atoms with Gasteiger partial charge < -0.3 is 5.32 Å². The topological polar surface area (TPSA) is 95.1 Å². The van der Waals surface area contributed by atoms with Crippen LogP contribution in [0, 0.1) is 5.82 Å². The van der Waals surface area contributed by atoms with Gasteiger partial charge >= 0.3 is 5.69 Å². The third-order valence-electron chi connectivity index (χ3n) is 4.90. The van der Waals surface area contributed by atoms with E-state index in [1.165, 1.54) is 28.3 Å². The highest BCUT2D eigenvalue weighted by atomic mass is 79.9. The van der Waals surface area contributed by atoms with E-state index >= 15 is 0 Å². The minimum atomic E-state index is -0.814. The number of nitrogens with one attached hydrogen (secondary N) is 1. The van der Waals surface area contributed by atoms with E-state index < -0.39 is 28.5 Å². The molecule has 8 nitrogen and oxygen atoms in total. The Morgan fingerprint density at radius 2 is 1.71 bits per heavy atom. The Labute approximate surface area is 185 Å². The van der Waals surface area contributed by atoms with Crippen molar-refractivity contribution in [3.05, 3.63) is 71.3 Å². The maximum Gasteiger partial charge on any atom is 0.332 e. The minimum Gasteiger partial charge on any atom is -0.319 e. The Kier molecular flexibility index (Phi) is 6.59. The molecule has 2 aromatic heterocycles. The van der Waals surface area contributed by atoms with E-state index in [0.29, 0.717) is 17.3 Å². The average molecular weight is 493 g/mol. The van der Waals surface area contributed by atoms with E-state index in [4.69, 9.17) is 0 Å². The second kappa shape index (κ2) is 9.01. The normalized spacial score (nSPS) is 11.1. The number of hydrogen-bond donors (Lipinski definition) is 1. The fraction of sp³-hybridized carbons (Fsp3) is 0.333. The van der Waals surface area contributed by atoms with Crippen LogP contribution in [0.25, 0.3) is 11.0 Å². The number of aryl methyl sites for hydroxylation is 2. The molecule has 0 unspecified atom stereocenters. The molecule has 0 aliphatic heterocycles. The monoisotopic (exact) mass is 492 g/mol. The minimum absolute atomic E-state index is 0.0568. The van der Waals surface area contributed by atoms with Gasteiger partial charge in [-0.25, -0.2) is 9.18 Å². The summed E-state index contributed by atoms with van der Waals surface area (Å²) < 4.78 is 18.3. The Bertz CT molecular complexity index is 1360. The first-order chi connectivity index (χ1) is 14.7. The summed E-state index contributed by atoms with van der Waals surface area (Å²) in [5.74, 6) is -1.49. The third kappa shape index (κ3) is 4.12. The van der Waals surface area contributed by atoms with Gasteiger partial charge in [0.2, 0.25) is 0 Å². The smallest absolute Gasteiger partial charge is 0.319 e. The van der Waals surface area contributed by atoms with Crippen LogP contribution in [0.5, 0.6) is 0 Å². The van der Waals surface area contributed by atoms with E-state index in [1.807, 2.05) is 13.8 Å². The van der Waals surface area contributed by atoms with Crippen LogP contribution in [0.15, 0.2) is 43.1 Å². The van der Waals surface area contributed by atoms with Crippen LogP contribution in [-0.4, -0.2) is 19.6 Å². The predicted molar refractivity (Wildman–Crippen MR) is 120 cm³/mol. The van der Waals surface area contributed by atoms with Crippen LogP contribution in [0.3, 0.4) is 0 Å². The van der Waals surface area contributed by atoms with Crippen molar-refractivity contribution in [1.82, 2.24) is 13.7 Å². The summed E-state index contributed by atoms with van der Waals surface area (Å²) in [5.41, 5.74) is -2.00. The average Bonchev–Trinajstić information content (AvgIpc) is 2.72. The maximum absolute atomic E-state index is 14.2. The Morgan fingerprint density at radius 3 is 2.32 bits per heavy atom. The summed E-state index contributed by atoms with van der Waals surface area (Å²) >= 11 is 3.15. The highest BCUT2D eigenvalue weighted by Gasteiger charge is 2.23. The van der Waals surface area contributed by atoms with Crippen LogP contribution in [0.4, 0.5) is 10.1 Å². The van der Waals surface area contributed by atoms with Gasteiger partial charge in [-0.2, -0.15) is 0 Å². The number of nitrogens with zero attached hydrogens (tertiary/aromatic N) is 3. The molecule has 0 fully saturated rings. The molecule has 0 saturated heterocycles. The number of amides is 1. The third-order valence-corrected chi connectivity index (χ3v) is 5.39. The molecule has 0 atom stereocenters. The molecule has 0 aliphatic carbocycles. The van der Waals surface area contributed by atoms with Crippen molar-refractivity contribution >= 4 is 38.6 Å². The predicted octanol–water partition coefficient (Wildman–Crippen LogP) is 2.84. The lowest BCUT2D eigenvalue weighted by Crippen LogP contribution is -2.42. The Hall–Kier alpha value is -3.01. The van der Waals surface area contributed by atoms with Gasteiger partial charge in [-0.3, -0.25) is 28.1 Å². The molecule has 164 valence electrons. The van der Waals surface area contributed by atoms with E-state index in [9.17, 15) is 23.6 Å². The zero-order valence-electron chi connectivity index (χ0n) is 17.4. The van der Waals surface area contributed by atoms with Crippen molar-refractivity contribution in [3.63, 3.8) is 0 Å². The lowest BCUT2D eigenvalue weighted by Gasteiger charge is -2.17. The van der Waals surface area contributed by atoms with Gasteiger partial charge in [0.1, 0.15) is 11.5 Å². The first kappa shape index (κ1) is 22.7. The standard InChI is InChI=1S/C21H22BrFN4O4/c1-4-8-26-16(28)11-13(18(29)24-15-7-6-12(22)10-14(15)23)17-19(26)25(3)21(31)27(9-5-2)20(17)30/h6-7,10-11H,4-5,8-9H2,1-3H3,(H,24,29). The van der Waals surface area contributed by atoms with E-state index in [-0.39, 0.29) is 35.4 Å². The molecule has 31 heavy (non-hydrogen) atoms. The van der Waals surface area contributed by atoms with Crippen molar-refractivity contribution in [2.45, 2.75) is 39.8 Å². The number of hydrogen-bond acceptors (Lipinski definition) is 4. The highest BCUT2D eigenvalue weighted by Crippen LogP contribution is 2.21. The van der Waals surface area contributed by atoms with Gasteiger partial charge in [-0.05, 0) is 31.0 Å². The molecule has 0 radical (unpaired) electrons. The molecule has 3 rings (SSSR count). The summed E-state index contributed by atoms with van der Waals surface area (Å²) in [6.07, 6.45) is 1.11. The molecular weight excluding hydrogens is 471 g/mol. The summed E-state index contributed by atoms with van der Waals surface area (Å²) in [7, 11) is 1.46. The molecule has 0 saturated carbocycles. The first-order valence-corrected chi connectivity index (χ1v) is 10.6. The van der Waals surface area contributed by atoms with Crippen molar-refractivity contribution in [3.8, 4) is 0 Å². The number of aromatic nitrogens is 3. The van der Waals surface area contributed by atoms with E-state index in [2.05, 4.69) is 21.2 Å². The van der Waals surface area contributed by atoms with Crippen molar-refractivity contribution in [2.75, 3.05) is 5.32 Å². The molecular formula is C21H22BrFN4O4. The summed E-state index contributed by atoms with van der Waals surface area (Å²) in [5, 5.41) is 2.36. The van der Waals surface area contributed by atoms with Gasteiger partial charge in [-0.1, -0.05) is 29.8 Å². The maximum atomic E-state index is 14.2. The molecule has 1 N–H and O–H groups in total. The first-order valence-electron chi connectivity index (χ1n) is 9.85. The number of pyridine rings is 1. The van der Waals surface area contributed by atoms with Crippen LogP contribution < -0.4 is 22.1 Å². The van der Waals surface area contributed by atoms with Crippen LogP contribution in [0.1, 0.15) is 37.0 Å². The summed E-state index contributed by atoms with van der Waals surface area (Å²) in [6.45, 7) is 4.10. The van der Waals surface area contributed by atoms with Gasteiger partial charge in [0.05, 0.1) is 16.6 Å². The lowest BCUT2D eigenvalue weighted by molar-refractivity contribution is 0.102. The largest absolute Gasteiger partial charge is 0.332 e. The van der Waals surface area contributed by atoms with Crippen LogP contribution in [0.2, 0.25) is 0 Å². The fourth-order valence-corrected chi connectivity index (χ4v) is 3.84. The zero-order chi connectivity index (χ0) is 22.9. The zero-order valence-corrected chi connectivity index (χ0v) is 19.0. The van der Waals surface area contributed by atoms with Gasteiger partial charge in [0.15, 0.2) is 0 Å². The number of rotatable bonds is 6. The molecule has 1 aromatic carbocycles. The van der Waals surface area contributed by atoms with Crippen molar-refractivity contribution in [1.29, 1.82) is 0 Å². The Balaban J connectivity index is 2.34. The van der Waals surface area contributed by atoms with Gasteiger partial charge in [0.25, 0.3) is 17.0 Å². The molecule has 2 heterocycles. The summed E-state index contributed by atoms with van der Waals surface area (Å²) in [4.78, 5) is 51.8. The quantitative estimate of drug-likeness (QED) is 0.572. The van der Waals surface area contributed by atoms with Gasteiger partial charge in [-0.15, -0.1) is 0 Å². The lowest BCUT2D eigenvalue weighted by atomic mass is 10.1.